The van der Waals surface area contributed by atoms with Gasteiger partial charge in [0.1, 0.15) is 6.54 Å². The Bertz CT molecular complexity index is 1220. The Kier molecular flexibility index (Phi) is 7.05. The summed E-state index contributed by atoms with van der Waals surface area (Å²) in [4.78, 5) is 12.5. The van der Waals surface area contributed by atoms with Gasteiger partial charge in [0.25, 0.3) is 0 Å². The van der Waals surface area contributed by atoms with E-state index < -0.39 is 44.2 Å². The van der Waals surface area contributed by atoms with Gasteiger partial charge in [0, 0.05) is 18.8 Å². The van der Waals surface area contributed by atoms with Gasteiger partial charge in [-0.1, -0.05) is 6.07 Å². The molecule has 1 aliphatic heterocycles. The van der Waals surface area contributed by atoms with E-state index in [2.05, 4.69) is 5.32 Å². The average molecular weight is 506 g/mol. The van der Waals surface area contributed by atoms with E-state index in [1.54, 1.807) is 0 Å². The van der Waals surface area contributed by atoms with Crippen LogP contribution >= 0.6 is 0 Å². The van der Waals surface area contributed by atoms with Crippen molar-refractivity contribution < 1.29 is 34.8 Å². The van der Waals surface area contributed by atoms with Crippen molar-refractivity contribution in [2.45, 2.75) is 23.9 Å². The van der Waals surface area contributed by atoms with Gasteiger partial charge in [-0.05, 0) is 55.3 Å². The molecule has 1 N–H and O–H groups in total. The summed E-state index contributed by atoms with van der Waals surface area (Å²) in [5, 5.41) is 2.43. The van der Waals surface area contributed by atoms with Crippen LogP contribution in [0.25, 0.3) is 0 Å². The fourth-order valence-corrected chi connectivity index (χ4v) is 5.72. The highest BCUT2D eigenvalue weighted by molar-refractivity contribution is 7.92. The summed E-state index contributed by atoms with van der Waals surface area (Å²) in [6, 6.07) is 9.00. The van der Waals surface area contributed by atoms with E-state index in [4.69, 9.17) is 0 Å². The van der Waals surface area contributed by atoms with Crippen molar-refractivity contribution >= 4 is 37.3 Å². The number of nitrogens with zero attached hydrogens (tertiary/aromatic N) is 2. The summed E-state index contributed by atoms with van der Waals surface area (Å²) < 4.78 is 90.4. The summed E-state index contributed by atoms with van der Waals surface area (Å²) in [6.07, 6.45) is -2.33. The lowest BCUT2D eigenvalue weighted by atomic mass is 10.2. The van der Waals surface area contributed by atoms with Gasteiger partial charge >= 0.3 is 6.18 Å². The zero-order valence-electron chi connectivity index (χ0n) is 17.5. The lowest BCUT2D eigenvalue weighted by molar-refractivity contribution is -0.137. The second-order valence-electron chi connectivity index (χ2n) is 7.50. The number of amides is 1. The van der Waals surface area contributed by atoms with Crippen molar-refractivity contribution in [1.82, 2.24) is 4.31 Å². The van der Waals surface area contributed by atoms with Crippen molar-refractivity contribution in [3.8, 4) is 0 Å². The first-order chi connectivity index (χ1) is 15.3. The van der Waals surface area contributed by atoms with Gasteiger partial charge < -0.3 is 5.32 Å². The van der Waals surface area contributed by atoms with Crippen molar-refractivity contribution in [1.29, 1.82) is 0 Å². The first-order valence-corrected chi connectivity index (χ1v) is 13.1. The Morgan fingerprint density at radius 1 is 1.03 bits per heavy atom. The first-order valence-electron chi connectivity index (χ1n) is 9.83. The van der Waals surface area contributed by atoms with Gasteiger partial charge in [0.15, 0.2) is 0 Å². The number of hydrogen-bond donors (Lipinski definition) is 1. The summed E-state index contributed by atoms with van der Waals surface area (Å²) in [6.45, 7) is 0.114. The number of nitrogens with one attached hydrogen (secondary N) is 1. The number of sulfonamides is 2. The fraction of sp³-hybridized carbons (Fsp3) is 0.350. The third-order valence-corrected chi connectivity index (χ3v) is 8.04. The van der Waals surface area contributed by atoms with Crippen LogP contribution in [0.3, 0.4) is 0 Å². The van der Waals surface area contributed by atoms with Crippen LogP contribution in [0.4, 0.5) is 24.5 Å². The van der Waals surface area contributed by atoms with Crippen molar-refractivity contribution in [2.75, 3.05) is 35.5 Å². The zero-order valence-corrected chi connectivity index (χ0v) is 19.2. The third-order valence-electron chi connectivity index (χ3n) is 4.99. The van der Waals surface area contributed by atoms with Gasteiger partial charge in [0.05, 0.1) is 22.4 Å². The number of anilines is 2. The monoisotopic (exact) mass is 505 g/mol. The minimum Gasteiger partial charge on any atom is -0.325 e. The number of alkyl halides is 3. The van der Waals surface area contributed by atoms with Crippen LogP contribution in [0, 0.1) is 0 Å². The molecule has 1 saturated heterocycles. The van der Waals surface area contributed by atoms with Gasteiger partial charge in [0.2, 0.25) is 26.0 Å². The molecule has 1 heterocycles. The SMILES string of the molecule is CS(=O)(=O)N(CC(=O)Nc1ccc(S(=O)(=O)N2CCCC2)cc1)c1cccc(C(F)(F)F)c1. The van der Waals surface area contributed by atoms with Crippen LogP contribution in [0.2, 0.25) is 0 Å². The van der Waals surface area contributed by atoms with Gasteiger partial charge in [-0.25, -0.2) is 16.8 Å². The van der Waals surface area contributed by atoms with Gasteiger partial charge in [-0.15, -0.1) is 0 Å². The van der Waals surface area contributed by atoms with E-state index in [-0.39, 0.29) is 16.3 Å². The number of hydrogen-bond acceptors (Lipinski definition) is 5. The quantitative estimate of drug-likeness (QED) is 0.623. The zero-order chi connectivity index (χ0) is 24.4. The molecule has 2 aromatic rings. The molecule has 2 aromatic carbocycles. The van der Waals surface area contributed by atoms with E-state index in [0.717, 1.165) is 37.3 Å². The lowest BCUT2D eigenvalue weighted by Crippen LogP contribution is -2.37. The molecular weight excluding hydrogens is 483 g/mol. The molecule has 0 saturated carbocycles. The van der Waals surface area contributed by atoms with E-state index in [1.165, 1.54) is 28.6 Å². The first kappa shape index (κ1) is 25.0. The lowest BCUT2D eigenvalue weighted by Gasteiger charge is -2.23. The number of carbonyl (C=O) groups excluding carboxylic acids is 1. The molecule has 1 amide bonds. The molecule has 1 aliphatic rings. The Hall–Kier alpha value is -2.64. The van der Waals surface area contributed by atoms with Crippen LogP contribution in [-0.4, -0.2) is 52.9 Å². The number of halogens is 3. The number of benzene rings is 2. The van der Waals surface area contributed by atoms with E-state index in [0.29, 0.717) is 23.5 Å². The Morgan fingerprint density at radius 3 is 2.18 bits per heavy atom. The highest BCUT2D eigenvalue weighted by Gasteiger charge is 2.32. The molecule has 0 aliphatic carbocycles. The molecule has 0 aromatic heterocycles. The highest BCUT2D eigenvalue weighted by Crippen LogP contribution is 2.32. The standard InChI is InChI=1S/C20H22F3N3O5S2/c1-32(28,29)26(17-6-4-5-15(13-17)20(21,22)23)14-19(27)24-16-7-9-18(10-8-16)33(30,31)25-11-2-3-12-25/h4-10,13H,2-3,11-12,14H2,1H3,(H,24,27). The summed E-state index contributed by atoms with van der Waals surface area (Å²) >= 11 is 0. The van der Waals surface area contributed by atoms with E-state index in [1.807, 2.05) is 0 Å². The predicted molar refractivity (Wildman–Crippen MR) is 117 cm³/mol. The molecule has 8 nitrogen and oxygen atoms in total. The molecule has 180 valence electrons. The van der Waals surface area contributed by atoms with Crippen molar-refractivity contribution in [3.05, 3.63) is 54.1 Å². The Balaban J connectivity index is 1.75. The molecule has 0 spiro atoms. The maximum absolute atomic E-state index is 13.0. The van der Waals surface area contributed by atoms with Crippen molar-refractivity contribution in [2.24, 2.45) is 0 Å². The molecular formula is C20H22F3N3O5S2. The molecule has 33 heavy (non-hydrogen) atoms. The molecule has 1 fully saturated rings. The van der Waals surface area contributed by atoms with Crippen LogP contribution in [0.5, 0.6) is 0 Å². The molecule has 0 unspecified atom stereocenters. The summed E-state index contributed by atoms with van der Waals surface area (Å²) in [7, 11) is -7.72. The Morgan fingerprint density at radius 2 is 1.64 bits per heavy atom. The number of rotatable bonds is 7. The summed E-state index contributed by atoms with van der Waals surface area (Å²) in [5.41, 5.74) is -1.16. The normalized spacial score (nSPS) is 15.4. The largest absolute Gasteiger partial charge is 0.416 e. The highest BCUT2D eigenvalue weighted by atomic mass is 32.2. The fourth-order valence-electron chi connectivity index (χ4n) is 3.36. The maximum atomic E-state index is 13.0. The van der Waals surface area contributed by atoms with Crippen molar-refractivity contribution in [3.63, 3.8) is 0 Å². The molecule has 13 heteroatoms. The average Bonchev–Trinajstić information content (AvgIpc) is 3.27. The second kappa shape index (κ2) is 9.31. The number of carbonyl (C=O) groups is 1. The van der Waals surface area contributed by atoms with Crippen LogP contribution < -0.4 is 9.62 Å². The van der Waals surface area contributed by atoms with Crippen LogP contribution in [-0.2, 0) is 31.0 Å². The minimum absolute atomic E-state index is 0.0594. The Labute approximate surface area is 190 Å². The molecule has 0 radical (unpaired) electrons. The summed E-state index contributed by atoms with van der Waals surface area (Å²) in [5.74, 6) is -0.812. The smallest absolute Gasteiger partial charge is 0.325 e. The topological polar surface area (TPSA) is 104 Å². The van der Waals surface area contributed by atoms with Crippen LogP contribution in [0.1, 0.15) is 18.4 Å². The third kappa shape index (κ3) is 6.03. The van der Waals surface area contributed by atoms with E-state index in [9.17, 15) is 34.8 Å². The van der Waals surface area contributed by atoms with Crippen LogP contribution in [0.15, 0.2) is 53.4 Å². The van der Waals surface area contributed by atoms with Gasteiger partial charge in [-0.2, -0.15) is 17.5 Å². The molecule has 0 atom stereocenters. The van der Waals surface area contributed by atoms with E-state index >= 15 is 0 Å². The molecule has 0 bridgehead atoms. The van der Waals surface area contributed by atoms with Gasteiger partial charge in [-0.3, -0.25) is 9.10 Å². The predicted octanol–water partition coefficient (Wildman–Crippen LogP) is 2.89. The maximum Gasteiger partial charge on any atom is 0.416 e. The molecule has 3 rings (SSSR count). The second-order valence-corrected chi connectivity index (χ2v) is 11.3. The minimum atomic E-state index is -4.68.